The summed E-state index contributed by atoms with van der Waals surface area (Å²) in [5, 5.41) is 13.4. The molecule has 3 heterocycles. The fourth-order valence-corrected chi connectivity index (χ4v) is 3.88. The second-order valence-electron chi connectivity index (χ2n) is 8.70. The largest absolute Gasteiger partial charge is 0.367 e. The molecule has 1 aliphatic carbocycles. The number of rotatable bonds is 7. The van der Waals surface area contributed by atoms with Crippen molar-refractivity contribution in [1.29, 1.82) is 0 Å². The van der Waals surface area contributed by atoms with E-state index >= 15 is 0 Å². The van der Waals surface area contributed by atoms with Crippen molar-refractivity contribution in [2.75, 3.05) is 20.9 Å². The molecule has 4 N–H and O–H groups in total. The molecule has 2 aliphatic rings. The van der Waals surface area contributed by atoms with Crippen molar-refractivity contribution in [2.24, 2.45) is 7.05 Å². The number of aromatic nitrogens is 3. The average molecular weight is 445 g/mol. The molecule has 5 rings (SSSR count). The smallest absolute Gasteiger partial charge is 0.272 e. The maximum atomic E-state index is 12.6. The predicted molar refractivity (Wildman–Crippen MR) is 130 cm³/mol. The molecule has 0 saturated heterocycles. The Labute approximate surface area is 192 Å². The summed E-state index contributed by atoms with van der Waals surface area (Å²) in [6.45, 7) is 4.07. The minimum atomic E-state index is -0.656. The van der Waals surface area contributed by atoms with Gasteiger partial charge in [-0.2, -0.15) is 0 Å². The lowest BCUT2D eigenvalue weighted by Gasteiger charge is -2.37. The Morgan fingerprint density at radius 1 is 1.21 bits per heavy atom. The van der Waals surface area contributed by atoms with Crippen molar-refractivity contribution in [3.05, 3.63) is 72.6 Å². The first-order valence-corrected chi connectivity index (χ1v) is 11.1. The molecule has 3 aromatic rings. The monoisotopic (exact) mass is 444 g/mol. The Balaban J connectivity index is 1.36. The van der Waals surface area contributed by atoms with E-state index in [9.17, 15) is 4.79 Å². The molecule has 9 heteroatoms. The summed E-state index contributed by atoms with van der Waals surface area (Å²) in [5.41, 5.74) is 3.27. The number of aryl methyl sites for hydroxylation is 2. The Morgan fingerprint density at radius 2 is 2.06 bits per heavy atom. The second-order valence-corrected chi connectivity index (χ2v) is 8.70. The Hall–Kier alpha value is -4.01. The topological polar surface area (TPSA) is 99.1 Å². The summed E-state index contributed by atoms with van der Waals surface area (Å²) >= 11 is 0. The number of carbonyl (C=O) groups is 1. The molecular weight excluding hydrogens is 416 g/mol. The van der Waals surface area contributed by atoms with Crippen LogP contribution in [0.5, 0.6) is 0 Å². The van der Waals surface area contributed by atoms with Crippen LogP contribution in [0.15, 0.2) is 61.3 Å². The van der Waals surface area contributed by atoms with Gasteiger partial charge in [0.2, 0.25) is 0 Å². The van der Waals surface area contributed by atoms with Crippen LogP contribution in [-0.2, 0) is 7.05 Å². The summed E-state index contributed by atoms with van der Waals surface area (Å²) in [6.07, 6.45) is 9.63. The van der Waals surface area contributed by atoms with Crippen molar-refractivity contribution < 1.29 is 4.79 Å². The van der Waals surface area contributed by atoms with Crippen LogP contribution in [0.2, 0.25) is 0 Å². The van der Waals surface area contributed by atoms with Gasteiger partial charge < -0.3 is 25.8 Å². The SMILES string of the molecule is Cc1ccc(NC(=O)c2cccn2C)cc1NC1(C)NC=CN1c1cc(NC2CC2)ncn1. The van der Waals surface area contributed by atoms with Gasteiger partial charge in [-0.25, -0.2) is 9.97 Å². The average Bonchev–Trinajstić information content (AvgIpc) is 3.36. The number of hydrogen-bond donors (Lipinski definition) is 4. The van der Waals surface area contributed by atoms with Gasteiger partial charge in [-0.05, 0) is 56.5 Å². The van der Waals surface area contributed by atoms with E-state index in [4.69, 9.17) is 0 Å². The minimum absolute atomic E-state index is 0.150. The fourth-order valence-electron chi connectivity index (χ4n) is 3.88. The Morgan fingerprint density at radius 3 is 2.82 bits per heavy atom. The summed E-state index contributed by atoms with van der Waals surface area (Å²) < 4.78 is 1.80. The number of nitrogens with one attached hydrogen (secondary N) is 4. The molecule has 0 radical (unpaired) electrons. The third kappa shape index (κ3) is 4.34. The zero-order valence-corrected chi connectivity index (χ0v) is 19.0. The first-order valence-electron chi connectivity index (χ1n) is 11.1. The van der Waals surface area contributed by atoms with Crippen LogP contribution < -0.4 is 26.2 Å². The molecule has 0 bridgehead atoms. The van der Waals surface area contributed by atoms with Crippen LogP contribution in [0.4, 0.5) is 23.0 Å². The highest BCUT2D eigenvalue weighted by molar-refractivity contribution is 6.03. The number of amides is 1. The van der Waals surface area contributed by atoms with Gasteiger partial charge in [0.1, 0.15) is 23.7 Å². The first kappa shape index (κ1) is 20.9. The first-order chi connectivity index (χ1) is 15.9. The second kappa shape index (κ2) is 8.16. The Kier molecular flexibility index (Phi) is 5.16. The number of anilines is 4. The van der Waals surface area contributed by atoms with E-state index in [1.807, 2.05) is 74.7 Å². The Bertz CT molecular complexity index is 1210. The van der Waals surface area contributed by atoms with E-state index in [1.54, 1.807) is 17.0 Å². The molecule has 1 fully saturated rings. The molecule has 1 atom stereocenters. The lowest BCUT2D eigenvalue weighted by Crippen LogP contribution is -2.55. The summed E-state index contributed by atoms with van der Waals surface area (Å²) in [5.74, 6) is 0.792. The maximum Gasteiger partial charge on any atom is 0.272 e. The van der Waals surface area contributed by atoms with Crippen molar-refractivity contribution >= 4 is 28.9 Å². The highest BCUT2D eigenvalue weighted by atomic mass is 16.1. The lowest BCUT2D eigenvalue weighted by atomic mass is 10.1. The van der Waals surface area contributed by atoms with Crippen molar-refractivity contribution in [2.45, 2.75) is 38.5 Å². The highest BCUT2D eigenvalue weighted by Gasteiger charge is 2.35. The molecular formula is C24H28N8O. The van der Waals surface area contributed by atoms with Crippen LogP contribution in [0, 0.1) is 6.92 Å². The number of nitrogens with zero attached hydrogens (tertiary/aromatic N) is 4. The van der Waals surface area contributed by atoms with Gasteiger partial charge >= 0.3 is 0 Å². The lowest BCUT2D eigenvalue weighted by molar-refractivity contribution is 0.101. The number of hydrogen-bond acceptors (Lipinski definition) is 7. The summed E-state index contributed by atoms with van der Waals surface area (Å²) in [7, 11) is 1.85. The van der Waals surface area contributed by atoms with Crippen LogP contribution in [0.3, 0.4) is 0 Å². The molecule has 9 nitrogen and oxygen atoms in total. The normalized spacial score (nSPS) is 19.3. The van der Waals surface area contributed by atoms with E-state index in [0.29, 0.717) is 17.4 Å². The van der Waals surface area contributed by atoms with Crippen LogP contribution in [-0.4, -0.2) is 32.3 Å². The van der Waals surface area contributed by atoms with Crippen LogP contribution in [0.25, 0.3) is 0 Å². The summed E-state index contributed by atoms with van der Waals surface area (Å²) in [6, 6.07) is 12.0. The zero-order valence-electron chi connectivity index (χ0n) is 19.0. The van der Waals surface area contributed by atoms with E-state index in [1.165, 1.54) is 12.8 Å². The molecule has 1 saturated carbocycles. The molecule has 170 valence electrons. The van der Waals surface area contributed by atoms with E-state index in [2.05, 4.69) is 31.2 Å². The van der Waals surface area contributed by atoms with Crippen molar-refractivity contribution in [3.8, 4) is 0 Å². The van der Waals surface area contributed by atoms with E-state index in [0.717, 1.165) is 22.9 Å². The minimum Gasteiger partial charge on any atom is -0.367 e. The van der Waals surface area contributed by atoms with Crippen LogP contribution in [0.1, 0.15) is 35.8 Å². The number of carbonyl (C=O) groups excluding carboxylic acids is 1. The molecule has 1 aromatic carbocycles. The van der Waals surface area contributed by atoms with Gasteiger partial charge in [0.05, 0.1) is 0 Å². The predicted octanol–water partition coefficient (Wildman–Crippen LogP) is 3.62. The molecule has 0 spiro atoms. The third-order valence-electron chi connectivity index (χ3n) is 5.95. The fraction of sp³-hybridized carbons (Fsp3) is 0.292. The van der Waals surface area contributed by atoms with Crippen molar-refractivity contribution in [3.63, 3.8) is 0 Å². The molecule has 1 unspecified atom stereocenters. The van der Waals surface area contributed by atoms with E-state index < -0.39 is 5.79 Å². The zero-order chi connectivity index (χ0) is 23.0. The number of benzene rings is 1. The quantitative estimate of drug-likeness (QED) is 0.442. The van der Waals surface area contributed by atoms with Gasteiger partial charge in [-0.1, -0.05) is 6.07 Å². The highest BCUT2D eigenvalue weighted by Crippen LogP contribution is 2.31. The molecule has 2 aromatic heterocycles. The van der Waals surface area contributed by atoms with Gasteiger partial charge in [-0.15, -0.1) is 0 Å². The van der Waals surface area contributed by atoms with Gasteiger partial charge in [0.15, 0.2) is 5.79 Å². The maximum absolute atomic E-state index is 12.6. The third-order valence-corrected chi connectivity index (χ3v) is 5.95. The van der Waals surface area contributed by atoms with Gasteiger partial charge in [-0.3, -0.25) is 9.69 Å². The van der Waals surface area contributed by atoms with Crippen LogP contribution >= 0.6 is 0 Å². The molecule has 1 amide bonds. The van der Waals surface area contributed by atoms with E-state index in [-0.39, 0.29) is 5.91 Å². The molecule has 33 heavy (non-hydrogen) atoms. The standard InChI is InChI=1S/C24H28N8O/c1-16-6-7-18(29-23(33)20-5-4-11-31(20)3)13-19(16)30-24(2)27-10-12-32(24)22-14-21(25-15-26-22)28-17-8-9-17/h4-7,10-15,17,27,30H,8-9H2,1-3H3,(H,29,33)(H,25,26,28). The summed E-state index contributed by atoms with van der Waals surface area (Å²) in [4.78, 5) is 23.5. The van der Waals surface area contributed by atoms with Gasteiger partial charge in [0, 0.05) is 49.1 Å². The molecule has 1 aliphatic heterocycles. The van der Waals surface area contributed by atoms with Crippen molar-refractivity contribution in [1.82, 2.24) is 19.9 Å². The van der Waals surface area contributed by atoms with Gasteiger partial charge in [0.25, 0.3) is 5.91 Å².